The predicted octanol–water partition coefficient (Wildman–Crippen LogP) is -0.0778. The van der Waals surface area contributed by atoms with E-state index in [1.165, 1.54) is 10.9 Å². The van der Waals surface area contributed by atoms with Gasteiger partial charge in [-0.25, -0.2) is 13.1 Å². The molecule has 1 unspecified atom stereocenters. The molecule has 0 saturated carbocycles. The first kappa shape index (κ1) is 16.1. The summed E-state index contributed by atoms with van der Waals surface area (Å²) >= 11 is 0. The van der Waals surface area contributed by atoms with Crippen molar-refractivity contribution in [3.05, 3.63) is 6.20 Å². The van der Waals surface area contributed by atoms with E-state index in [1.54, 1.807) is 6.26 Å². The Morgan fingerprint density at radius 3 is 2.79 bits per heavy atom. The minimum absolute atomic E-state index is 0.0000166. The van der Waals surface area contributed by atoms with Crippen molar-refractivity contribution in [2.24, 2.45) is 0 Å². The van der Waals surface area contributed by atoms with Crippen LogP contribution in [0.15, 0.2) is 11.1 Å². The molecule has 110 valence electrons. The van der Waals surface area contributed by atoms with Crippen LogP contribution in [0.5, 0.6) is 0 Å². The number of rotatable bonds is 8. The quantitative estimate of drug-likeness (QED) is 0.653. The third-order valence-electron chi connectivity index (χ3n) is 2.40. The van der Waals surface area contributed by atoms with Gasteiger partial charge in [-0.1, -0.05) is 6.92 Å². The molecule has 1 aromatic heterocycles. The molecule has 0 aliphatic carbocycles. The van der Waals surface area contributed by atoms with E-state index in [4.69, 9.17) is 5.73 Å². The number of aryl methyl sites for hydroxylation is 1. The molecular weight excluding hydrogens is 288 g/mol. The molecule has 0 bridgehead atoms. The number of nitrogens with one attached hydrogen (secondary N) is 1. The van der Waals surface area contributed by atoms with Crippen LogP contribution in [0, 0.1) is 0 Å². The average Bonchev–Trinajstić information content (AvgIpc) is 2.67. The standard InChI is InChI=1S/C10H20N4O3S2/c1-3-6-14-8-9(10(11)13-14)19(16,17)12-5-4-7-18(2)15/h8,12H,3-7H2,1-2H3,(H2,11,13). The van der Waals surface area contributed by atoms with E-state index in [2.05, 4.69) is 9.82 Å². The Kier molecular flexibility index (Phi) is 5.95. The molecule has 0 spiro atoms. The smallest absolute Gasteiger partial charge is 0.245 e. The molecule has 1 atom stereocenters. The fourth-order valence-electron chi connectivity index (χ4n) is 1.53. The molecule has 1 rings (SSSR count). The topological polar surface area (TPSA) is 107 Å². The lowest BCUT2D eigenvalue weighted by atomic mass is 10.5. The van der Waals surface area contributed by atoms with E-state index in [1.807, 2.05) is 6.92 Å². The van der Waals surface area contributed by atoms with E-state index in [-0.39, 0.29) is 17.3 Å². The fraction of sp³-hybridized carbons (Fsp3) is 0.700. The van der Waals surface area contributed by atoms with Gasteiger partial charge < -0.3 is 5.73 Å². The molecule has 9 heteroatoms. The Hall–Kier alpha value is -0.930. The van der Waals surface area contributed by atoms with Crippen molar-refractivity contribution in [2.75, 3.05) is 24.3 Å². The number of aromatic nitrogens is 2. The van der Waals surface area contributed by atoms with Gasteiger partial charge in [0.15, 0.2) is 5.82 Å². The van der Waals surface area contributed by atoms with Gasteiger partial charge in [0.05, 0.1) is 0 Å². The summed E-state index contributed by atoms with van der Waals surface area (Å²) in [5.41, 5.74) is 5.61. The zero-order valence-corrected chi connectivity index (χ0v) is 12.8. The molecule has 7 nitrogen and oxygen atoms in total. The molecule has 3 N–H and O–H groups in total. The Labute approximate surface area is 116 Å². The minimum atomic E-state index is -3.64. The van der Waals surface area contributed by atoms with Gasteiger partial charge in [0, 0.05) is 42.1 Å². The van der Waals surface area contributed by atoms with Gasteiger partial charge in [-0.2, -0.15) is 5.10 Å². The molecule has 0 aromatic carbocycles. The molecule has 1 heterocycles. The van der Waals surface area contributed by atoms with Crippen molar-refractivity contribution in [1.82, 2.24) is 14.5 Å². The van der Waals surface area contributed by atoms with Gasteiger partial charge in [-0.3, -0.25) is 8.89 Å². The number of nitrogen functional groups attached to an aromatic ring is 1. The number of hydrogen-bond acceptors (Lipinski definition) is 5. The lowest BCUT2D eigenvalue weighted by Gasteiger charge is -2.04. The first-order valence-electron chi connectivity index (χ1n) is 5.99. The second kappa shape index (κ2) is 7.01. The van der Waals surface area contributed by atoms with Crippen LogP contribution in [0.1, 0.15) is 19.8 Å². The van der Waals surface area contributed by atoms with Gasteiger partial charge in [0.2, 0.25) is 10.0 Å². The Balaban J connectivity index is 2.68. The van der Waals surface area contributed by atoms with Crippen molar-refractivity contribution in [2.45, 2.75) is 31.2 Å². The first-order valence-corrected chi connectivity index (χ1v) is 9.20. The summed E-state index contributed by atoms with van der Waals surface area (Å²) in [6.07, 6.45) is 4.38. The Bertz CT molecular complexity index is 539. The van der Waals surface area contributed by atoms with Gasteiger partial charge in [0.25, 0.3) is 0 Å². The Morgan fingerprint density at radius 1 is 1.53 bits per heavy atom. The number of sulfonamides is 1. The summed E-state index contributed by atoms with van der Waals surface area (Å²) in [6, 6.07) is 0. The lowest BCUT2D eigenvalue weighted by molar-refractivity contribution is 0.578. The summed E-state index contributed by atoms with van der Waals surface area (Å²) in [5.74, 6) is 0.465. The molecular formula is C10H20N4O3S2. The van der Waals surface area contributed by atoms with Gasteiger partial charge in [0.1, 0.15) is 4.90 Å². The maximum absolute atomic E-state index is 12.0. The van der Waals surface area contributed by atoms with Crippen LogP contribution in [0.3, 0.4) is 0 Å². The van der Waals surface area contributed by atoms with E-state index < -0.39 is 20.8 Å². The van der Waals surface area contributed by atoms with Crippen molar-refractivity contribution in [3.63, 3.8) is 0 Å². The molecule has 0 radical (unpaired) electrons. The summed E-state index contributed by atoms with van der Waals surface area (Å²) in [5, 5.41) is 3.95. The van der Waals surface area contributed by atoms with Crippen LogP contribution < -0.4 is 10.5 Å². The molecule has 0 fully saturated rings. The molecule has 0 aliphatic heterocycles. The van der Waals surface area contributed by atoms with E-state index in [0.717, 1.165) is 6.42 Å². The highest BCUT2D eigenvalue weighted by atomic mass is 32.2. The van der Waals surface area contributed by atoms with Crippen LogP contribution in [0.4, 0.5) is 5.82 Å². The van der Waals surface area contributed by atoms with Crippen molar-refractivity contribution < 1.29 is 12.6 Å². The van der Waals surface area contributed by atoms with E-state index in [0.29, 0.717) is 18.7 Å². The number of anilines is 1. The van der Waals surface area contributed by atoms with Gasteiger partial charge in [-0.05, 0) is 12.8 Å². The normalized spacial score (nSPS) is 13.6. The zero-order chi connectivity index (χ0) is 14.5. The Morgan fingerprint density at radius 2 is 2.21 bits per heavy atom. The molecule has 0 saturated heterocycles. The highest BCUT2D eigenvalue weighted by Crippen LogP contribution is 2.16. The van der Waals surface area contributed by atoms with Crippen LogP contribution in [0.2, 0.25) is 0 Å². The highest BCUT2D eigenvalue weighted by molar-refractivity contribution is 7.89. The van der Waals surface area contributed by atoms with E-state index in [9.17, 15) is 12.6 Å². The third-order valence-corrected chi connectivity index (χ3v) is 4.74. The average molecular weight is 308 g/mol. The summed E-state index contributed by atoms with van der Waals surface area (Å²) in [6.45, 7) is 2.82. The second-order valence-corrected chi connectivity index (χ2v) is 7.46. The zero-order valence-electron chi connectivity index (χ0n) is 11.1. The third kappa shape index (κ3) is 4.92. The number of nitrogens with two attached hydrogens (primary N) is 1. The molecule has 0 amide bonds. The molecule has 1 aromatic rings. The van der Waals surface area contributed by atoms with E-state index >= 15 is 0 Å². The number of hydrogen-bond donors (Lipinski definition) is 2. The monoisotopic (exact) mass is 308 g/mol. The number of nitrogens with zero attached hydrogens (tertiary/aromatic N) is 2. The fourth-order valence-corrected chi connectivity index (χ4v) is 3.22. The highest BCUT2D eigenvalue weighted by Gasteiger charge is 2.20. The summed E-state index contributed by atoms with van der Waals surface area (Å²) in [7, 11) is -4.56. The largest absolute Gasteiger partial charge is 0.381 e. The lowest BCUT2D eigenvalue weighted by Crippen LogP contribution is -2.26. The van der Waals surface area contributed by atoms with Gasteiger partial charge in [-0.15, -0.1) is 0 Å². The molecule has 19 heavy (non-hydrogen) atoms. The summed E-state index contributed by atoms with van der Waals surface area (Å²) < 4.78 is 38.8. The molecule has 0 aliphatic rings. The van der Waals surface area contributed by atoms with Crippen molar-refractivity contribution >= 4 is 26.6 Å². The van der Waals surface area contributed by atoms with Crippen molar-refractivity contribution in [1.29, 1.82) is 0 Å². The van der Waals surface area contributed by atoms with Crippen LogP contribution in [-0.4, -0.2) is 41.0 Å². The first-order chi connectivity index (χ1) is 8.86. The summed E-state index contributed by atoms with van der Waals surface area (Å²) in [4.78, 5) is -0.00132. The maximum atomic E-state index is 12.0. The minimum Gasteiger partial charge on any atom is -0.381 e. The predicted molar refractivity (Wildman–Crippen MR) is 75.7 cm³/mol. The van der Waals surface area contributed by atoms with Crippen LogP contribution in [0.25, 0.3) is 0 Å². The second-order valence-electron chi connectivity index (χ2n) is 4.17. The van der Waals surface area contributed by atoms with Crippen LogP contribution in [-0.2, 0) is 27.4 Å². The van der Waals surface area contributed by atoms with Gasteiger partial charge >= 0.3 is 0 Å². The SMILES string of the molecule is CCCn1cc(S(=O)(=O)NCCCS(C)=O)c(N)n1. The maximum Gasteiger partial charge on any atom is 0.245 e. The van der Waals surface area contributed by atoms with Crippen LogP contribution >= 0.6 is 0 Å². The van der Waals surface area contributed by atoms with Crippen molar-refractivity contribution in [3.8, 4) is 0 Å².